The molecule has 0 amide bonds. The van der Waals surface area contributed by atoms with Crippen molar-refractivity contribution in [3.8, 4) is 0 Å². The van der Waals surface area contributed by atoms with E-state index in [2.05, 4.69) is 28.2 Å². The summed E-state index contributed by atoms with van der Waals surface area (Å²) in [4.78, 5) is 30.5. The van der Waals surface area contributed by atoms with Crippen molar-refractivity contribution in [2.45, 2.75) is 122 Å². The Labute approximate surface area is 292 Å². The molecule has 0 saturated carbocycles. The number of likely N-dealkylation sites (N-methyl/N-ethyl adjacent to an activating group) is 4. The summed E-state index contributed by atoms with van der Waals surface area (Å²) in [6.07, 6.45) is 17.2. The fraction of sp³-hybridized carbons (Fsp3) is 0.912. The van der Waals surface area contributed by atoms with Gasteiger partial charge in [-0.1, -0.05) is 84.0 Å². The maximum absolute atomic E-state index is 10.2. The van der Waals surface area contributed by atoms with Gasteiger partial charge in [-0.2, -0.15) is 0 Å². The van der Waals surface area contributed by atoms with Crippen LogP contribution in [0.4, 0.5) is 0 Å². The van der Waals surface area contributed by atoms with E-state index < -0.39 is 17.9 Å². The van der Waals surface area contributed by atoms with Crippen molar-refractivity contribution < 1.29 is 50.1 Å². The monoisotopic (exact) mass is 703 g/mol. The highest BCUT2D eigenvalue weighted by Gasteiger charge is 1.98. The summed E-state index contributed by atoms with van der Waals surface area (Å²) in [7, 11) is 7.21. The molecule has 0 unspecified atom stereocenters. The average molecular weight is 703 g/mol. The molecule has 0 aromatic heterocycles. The highest BCUT2D eigenvalue weighted by atomic mass is 16.4. The van der Waals surface area contributed by atoms with Crippen molar-refractivity contribution in [2.75, 3.05) is 80.8 Å². The lowest BCUT2D eigenvalue weighted by atomic mass is 10.1. The SMILES string of the molecule is CCCCCCCCCCC(=O)O.CNCCO.CNCCO.CNCCO.CNCCO.O=C(O)CCCCCCCCCC(=O)O. The van der Waals surface area contributed by atoms with Crippen molar-refractivity contribution in [1.29, 1.82) is 0 Å². The van der Waals surface area contributed by atoms with Gasteiger partial charge in [0, 0.05) is 45.4 Å². The van der Waals surface area contributed by atoms with Crippen LogP contribution in [0.5, 0.6) is 0 Å². The first-order valence-electron chi connectivity index (χ1n) is 17.7. The minimum absolute atomic E-state index is 0.233. The first kappa shape index (κ1) is 58.3. The lowest BCUT2D eigenvalue weighted by Crippen LogP contribution is -2.10. The molecule has 294 valence electrons. The zero-order valence-electron chi connectivity index (χ0n) is 31.2. The molecule has 0 heterocycles. The van der Waals surface area contributed by atoms with E-state index in [-0.39, 0.29) is 39.3 Å². The smallest absolute Gasteiger partial charge is 0.303 e. The molecule has 0 spiro atoms. The van der Waals surface area contributed by atoms with E-state index in [0.717, 1.165) is 57.8 Å². The Hall–Kier alpha value is -1.91. The fourth-order valence-corrected chi connectivity index (χ4v) is 3.29. The van der Waals surface area contributed by atoms with Crippen molar-refractivity contribution >= 4 is 17.9 Å². The van der Waals surface area contributed by atoms with Crippen LogP contribution >= 0.6 is 0 Å². The first-order valence-corrected chi connectivity index (χ1v) is 17.7. The zero-order valence-corrected chi connectivity index (χ0v) is 31.2. The number of nitrogens with one attached hydrogen (secondary N) is 4. The highest BCUT2D eigenvalue weighted by Crippen LogP contribution is 2.10. The van der Waals surface area contributed by atoms with E-state index in [4.69, 9.17) is 35.7 Å². The van der Waals surface area contributed by atoms with Crippen molar-refractivity contribution in [1.82, 2.24) is 21.3 Å². The van der Waals surface area contributed by atoms with Gasteiger partial charge in [0.15, 0.2) is 0 Å². The Morgan fingerprint density at radius 3 is 0.688 bits per heavy atom. The van der Waals surface area contributed by atoms with Crippen LogP contribution in [-0.4, -0.2) is 134 Å². The number of hydrogen-bond donors (Lipinski definition) is 11. The Morgan fingerprint density at radius 1 is 0.375 bits per heavy atom. The van der Waals surface area contributed by atoms with Gasteiger partial charge in [0.25, 0.3) is 0 Å². The molecule has 0 saturated heterocycles. The lowest BCUT2D eigenvalue weighted by Gasteiger charge is -1.99. The number of carbonyl (C=O) groups is 3. The van der Waals surface area contributed by atoms with Crippen molar-refractivity contribution in [3.05, 3.63) is 0 Å². The Bertz CT molecular complexity index is 526. The Kier molecular flexibility index (Phi) is 77.4. The number of aliphatic hydroxyl groups is 4. The number of hydrogen-bond acceptors (Lipinski definition) is 11. The summed E-state index contributed by atoms with van der Waals surface area (Å²) in [5.74, 6) is -2.11. The Morgan fingerprint density at radius 2 is 0.562 bits per heavy atom. The molecule has 11 N–H and O–H groups in total. The number of rotatable bonds is 27. The molecule has 0 aliphatic rings. The summed E-state index contributed by atoms with van der Waals surface area (Å²) >= 11 is 0. The largest absolute Gasteiger partial charge is 0.481 e. The van der Waals surface area contributed by atoms with Crippen LogP contribution in [-0.2, 0) is 14.4 Å². The second-order valence-corrected chi connectivity index (χ2v) is 10.7. The number of aliphatic hydroxyl groups excluding tert-OH is 4. The van der Waals surface area contributed by atoms with Crippen LogP contribution in [0.2, 0.25) is 0 Å². The van der Waals surface area contributed by atoms with Gasteiger partial charge in [0.05, 0.1) is 26.4 Å². The van der Waals surface area contributed by atoms with E-state index in [1.807, 2.05) is 0 Å². The maximum atomic E-state index is 10.2. The molecule has 48 heavy (non-hydrogen) atoms. The van der Waals surface area contributed by atoms with Gasteiger partial charge >= 0.3 is 17.9 Å². The van der Waals surface area contributed by atoms with Crippen molar-refractivity contribution in [3.63, 3.8) is 0 Å². The summed E-state index contributed by atoms with van der Waals surface area (Å²) in [6.45, 7) is 5.92. The summed E-state index contributed by atoms with van der Waals surface area (Å²) < 4.78 is 0. The van der Waals surface area contributed by atoms with Gasteiger partial charge in [-0.05, 0) is 47.5 Å². The third-order valence-corrected chi connectivity index (χ3v) is 5.97. The molecule has 0 bridgehead atoms. The fourth-order valence-electron chi connectivity index (χ4n) is 3.29. The highest BCUT2D eigenvalue weighted by molar-refractivity contribution is 5.67. The van der Waals surface area contributed by atoms with Gasteiger partial charge in [-0.3, -0.25) is 14.4 Å². The number of carboxylic acids is 3. The minimum atomic E-state index is -0.726. The predicted molar refractivity (Wildman–Crippen MR) is 196 cm³/mol. The second-order valence-electron chi connectivity index (χ2n) is 10.7. The second kappa shape index (κ2) is 63.7. The molecule has 14 nitrogen and oxygen atoms in total. The van der Waals surface area contributed by atoms with Gasteiger partial charge in [-0.15, -0.1) is 0 Å². The topological polar surface area (TPSA) is 241 Å². The van der Waals surface area contributed by atoms with Crippen LogP contribution in [0, 0.1) is 0 Å². The molecule has 0 rings (SSSR count). The molecular formula is C34H78N4O10. The molecule has 0 aromatic rings. The number of aliphatic carboxylic acids is 3. The zero-order chi connectivity index (χ0) is 37.9. The van der Waals surface area contributed by atoms with Crippen LogP contribution in [0.1, 0.15) is 122 Å². The molecule has 0 atom stereocenters. The van der Waals surface area contributed by atoms with E-state index in [1.165, 1.54) is 38.5 Å². The maximum Gasteiger partial charge on any atom is 0.303 e. The van der Waals surface area contributed by atoms with E-state index in [0.29, 0.717) is 32.6 Å². The third-order valence-electron chi connectivity index (χ3n) is 5.97. The normalized spacial score (nSPS) is 9.44. The van der Waals surface area contributed by atoms with Crippen LogP contribution in [0.3, 0.4) is 0 Å². The van der Waals surface area contributed by atoms with Gasteiger partial charge in [0.1, 0.15) is 0 Å². The lowest BCUT2D eigenvalue weighted by molar-refractivity contribution is -0.138. The average Bonchev–Trinajstić information content (AvgIpc) is 3.04. The summed E-state index contributed by atoms with van der Waals surface area (Å²) in [5, 5.41) is 68.2. The summed E-state index contributed by atoms with van der Waals surface area (Å²) in [5.41, 5.74) is 0. The quantitative estimate of drug-likeness (QED) is 0.0552. The van der Waals surface area contributed by atoms with Crippen LogP contribution < -0.4 is 21.3 Å². The van der Waals surface area contributed by atoms with Crippen LogP contribution in [0.25, 0.3) is 0 Å². The van der Waals surface area contributed by atoms with E-state index >= 15 is 0 Å². The molecular weight excluding hydrogens is 624 g/mol. The number of unbranched alkanes of at least 4 members (excludes halogenated alkanes) is 13. The standard InChI is InChI=1S/C11H20O4.C11H22O2.4C3H9NO/c12-10(13)8-6-4-2-1-3-5-7-9-11(14)15;1-2-3-4-5-6-7-8-9-10-11(12)13;4*1-4-2-3-5/h1-9H2,(H,12,13)(H,14,15);2-10H2,1H3,(H,12,13);4*4-5H,2-3H2,1H3. The Balaban J connectivity index is -0.000000120. The predicted octanol–water partition coefficient (Wildman–Crippen LogP) is 3.06. The van der Waals surface area contributed by atoms with Crippen LogP contribution in [0.15, 0.2) is 0 Å². The first-order chi connectivity index (χ1) is 23.1. The minimum Gasteiger partial charge on any atom is -0.481 e. The number of carboxylic acid groups (broad SMARTS) is 3. The summed E-state index contributed by atoms with van der Waals surface area (Å²) in [6, 6.07) is 0. The van der Waals surface area contributed by atoms with Gasteiger partial charge in [0.2, 0.25) is 0 Å². The van der Waals surface area contributed by atoms with Gasteiger partial charge in [-0.25, -0.2) is 0 Å². The van der Waals surface area contributed by atoms with Crippen molar-refractivity contribution in [2.24, 2.45) is 0 Å². The van der Waals surface area contributed by atoms with E-state index in [9.17, 15) is 14.4 Å². The third kappa shape index (κ3) is 104. The van der Waals surface area contributed by atoms with Gasteiger partial charge < -0.3 is 57.0 Å². The molecule has 0 aliphatic carbocycles. The molecule has 0 fully saturated rings. The molecule has 14 heteroatoms. The molecule has 0 radical (unpaired) electrons. The molecule has 0 aliphatic heterocycles. The molecule has 0 aromatic carbocycles. The van der Waals surface area contributed by atoms with E-state index in [1.54, 1.807) is 28.2 Å².